The largest absolute Gasteiger partial charge is 0.240 e. The van der Waals surface area contributed by atoms with Crippen molar-refractivity contribution in [2.45, 2.75) is 61.4 Å². The van der Waals surface area contributed by atoms with Gasteiger partial charge in [0, 0.05) is 12.1 Å². The minimum absolute atomic E-state index is 0.184. The molecule has 0 amide bonds. The zero-order valence-corrected chi connectivity index (χ0v) is 17.7. The minimum Gasteiger partial charge on any atom is -0.207 e. The first-order valence-corrected chi connectivity index (χ1v) is 12.3. The van der Waals surface area contributed by atoms with Crippen LogP contribution in [0.15, 0.2) is 58.3 Å². The number of sulfonamides is 2. The van der Waals surface area contributed by atoms with Gasteiger partial charge in [-0.05, 0) is 51.0 Å². The third-order valence-corrected chi connectivity index (χ3v) is 8.05. The Morgan fingerprint density at radius 3 is 1.29 bits per heavy atom. The summed E-state index contributed by atoms with van der Waals surface area (Å²) >= 11 is 0. The van der Waals surface area contributed by atoms with E-state index in [9.17, 15) is 16.8 Å². The van der Waals surface area contributed by atoms with Gasteiger partial charge in [-0.25, -0.2) is 26.3 Å². The van der Waals surface area contributed by atoms with E-state index in [4.69, 9.17) is 0 Å². The van der Waals surface area contributed by atoms with Crippen LogP contribution in [0.4, 0.5) is 0 Å². The van der Waals surface area contributed by atoms with Gasteiger partial charge in [0.05, 0.1) is 9.79 Å². The molecule has 28 heavy (non-hydrogen) atoms. The smallest absolute Gasteiger partial charge is 0.207 e. The molecule has 3 rings (SSSR count). The van der Waals surface area contributed by atoms with Crippen molar-refractivity contribution in [3.8, 4) is 0 Å². The summed E-state index contributed by atoms with van der Waals surface area (Å²) in [6, 6.07) is 12.2. The monoisotopic (exact) mass is 422 g/mol. The molecule has 1 aliphatic carbocycles. The van der Waals surface area contributed by atoms with E-state index >= 15 is 0 Å². The van der Waals surface area contributed by atoms with E-state index < -0.39 is 32.1 Å². The highest BCUT2D eigenvalue weighted by molar-refractivity contribution is 7.90. The van der Waals surface area contributed by atoms with Crippen molar-refractivity contribution in [3.63, 3.8) is 0 Å². The van der Waals surface area contributed by atoms with Crippen LogP contribution in [0.2, 0.25) is 0 Å². The quantitative estimate of drug-likeness (QED) is 0.749. The molecule has 2 aromatic carbocycles. The van der Waals surface area contributed by atoms with Crippen molar-refractivity contribution >= 4 is 20.0 Å². The molecule has 6 nitrogen and oxygen atoms in total. The Hall–Kier alpha value is -1.74. The molecule has 1 unspecified atom stereocenters. The van der Waals surface area contributed by atoms with Crippen LogP contribution in [-0.4, -0.2) is 28.9 Å². The van der Waals surface area contributed by atoms with Crippen molar-refractivity contribution in [2.75, 3.05) is 0 Å². The lowest BCUT2D eigenvalue weighted by atomic mass is 9.92. The molecule has 8 heteroatoms. The van der Waals surface area contributed by atoms with Gasteiger partial charge in [0.15, 0.2) is 0 Å². The average Bonchev–Trinajstić information content (AvgIpc) is 2.64. The van der Waals surface area contributed by atoms with E-state index in [0.29, 0.717) is 12.8 Å². The number of hydrogen-bond acceptors (Lipinski definition) is 4. The zero-order valence-electron chi connectivity index (χ0n) is 16.1. The fraction of sp³-hybridized carbons (Fsp3) is 0.400. The van der Waals surface area contributed by atoms with Gasteiger partial charge in [-0.2, -0.15) is 0 Å². The van der Waals surface area contributed by atoms with E-state index in [1.54, 1.807) is 48.5 Å². The maximum absolute atomic E-state index is 12.7. The molecule has 2 N–H and O–H groups in total. The molecule has 0 radical (unpaired) electrons. The predicted octanol–water partition coefficient (Wildman–Crippen LogP) is 2.87. The van der Waals surface area contributed by atoms with Crippen molar-refractivity contribution in [1.29, 1.82) is 0 Å². The molecule has 152 valence electrons. The summed E-state index contributed by atoms with van der Waals surface area (Å²) < 4.78 is 56.4. The van der Waals surface area contributed by atoms with Crippen LogP contribution in [-0.2, 0) is 20.0 Å². The van der Waals surface area contributed by atoms with Gasteiger partial charge >= 0.3 is 0 Å². The molecule has 0 aromatic heterocycles. The minimum atomic E-state index is -3.72. The van der Waals surface area contributed by atoms with E-state index in [1.807, 2.05) is 13.8 Å². The van der Waals surface area contributed by atoms with Gasteiger partial charge in [-0.3, -0.25) is 0 Å². The van der Waals surface area contributed by atoms with Crippen LogP contribution in [0.1, 0.15) is 36.8 Å². The molecule has 0 saturated heterocycles. The second-order valence-electron chi connectivity index (χ2n) is 7.37. The van der Waals surface area contributed by atoms with Gasteiger partial charge in [-0.15, -0.1) is 0 Å². The normalized spacial score (nSPS) is 20.8. The summed E-state index contributed by atoms with van der Waals surface area (Å²) in [6.45, 7) is 3.78. The summed E-state index contributed by atoms with van der Waals surface area (Å²) in [5.41, 5.74) is 1.95. The average molecular weight is 423 g/mol. The fourth-order valence-electron chi connectivity index (χ4n) is 3.38. The molecule has 0 spiro atoms. The second-order valence-corrected chi connectivity index (χ2v) is 10.8. The Morgan fingerprint density at radius 1 is 0.643 bits per heavy atom. The molecule has 0 aliphatic heterocycles. The molecule has 1 saturated carbocycles. The van der Waals surface area contributed by atoms with Crippen LogP contribution in [0, 0.1) is 13.8 Å². The van der Waals surface area contributed by atoms with Crippen LogP contribution in [0.3, 0.4) is 0 Å². The first-order valence-electron chi connectivity index (χ1n) is 9.35. The number of rotatable bonds is 6. The Morgan fingerprint density at radius 2 is 0.964 bits per heavy atom. The van der Waals surface area contributed by atoms with E-state index in [2.05, 4.69) is 9.44 Å². The maximum atomic E-state index is 12.7. The predicted molar refractivity (Wildman–Crippen MR) is 109 cm³/mol. The van der Waals surface area contributed by atoms with Crippen molar-refractivity contribution in [1.82, 2.24) is 9.44 Å². The summed E-state index contributed by atoms with van der Waals surface area (Å²) in [7, 11) is -7.44. The maximum Gasteiger partial charge on any atom is 0.240 e. The first kappa shape index (κ1) is 21.0. The van der Waals surface area contributed by atoms with Gasteiger partial charge in [0.1, 0.15) is 0 Å². The van der Waals surface area contributed by atoms with Crippen molar-refractivity contribution in [3.05, 3.63) is 59.7 Å². The van der Waals surface area contributed by atoms with Gasteiger partial charge in [0.25, 0.3) is 0 Å². The molecule has 2 atom stereocenters. The lowest BCUT2D eigenvalue weighted by Gasteiger charge is -2.32. The second kappa shape index (κ2) is 8.32. The summed E-state index contributed by atoms with van der Waals surface area (Å²) in [5.74, 6) is 0. The Kier molecular flexibility index (Phi) is 6.24. The third kappa shape index (κ3) is 5.00. The number of aryl methyl sites for hydroxylation is 2. The third-order valence-electron chi connectivity index (χ3n) is 5.04. The number of benzene rings is 2. The molecule has 0 bridgehead atoms. The van der Waals surface area contributed by atoms with Crippen LogP contribution in [0.5, 0.6) is 0 Å². The van der Waals surface area contributed by atoms with Gasteiger partial charge in [-0.1, -0.05) is 48.2 Å². The first-order chi connectivity index (χ1) is 13.2. The van der Waals surface area contributed by atoms with Crippen LogP contribution >= 0.6 is 0 Å². The molecule has 0 heterocycles. The van der Waals surface area contributed by atoms with Crippen molar-refractivity contribution in [2.24, 2.45) is 0 Å². The SMILES string of the molecule is Cc1ccc(S(=O)(=O)NC2CCCC[C@@H]2NS(=O)(=O)c2ccc(C)cc2)cc1. The highest BCUT2D eigenvalue weighted by Gasteiger charge is 2.32. The molecular weight excluding hydrogens is 396 g/mol. The number of nitrogens with one attached hydrogen (secondary N) is 2. The molecule has 1 aliphatic rings. The molecular formula is C20H26N2O4S2. The molecule has 1 fully saturated rings. The van der Waals surface area contributed by atoms with Crippen LogP contribution < -0.4 is 9.44 Å². The Labute approximate surface area is 167 Å². The Bertz CT molecular complexity index is 929. The van der Waals surface area contributed by atoms with Gasteiger partial charge < -0.3 is 0 Å². The van der Waals surface area contributed by atoms with E-state index in [-0.39, 0.29) is 9.79 Å². The highest BCUT2D eigenvalue weighted by atomic mass is 32.2. The van der Waals surface area contributed by atoms with E-state index in [1.165, 1.54) is 0 Å². The van der Waals surface area contributed by atoms with Crippen molar-refractivity contribution < 1.29 is 16.8 Å². The standard InChI is InChI=1S/C20H26N2O4S2/c1-15-7-11-17(12-8-15)27(23,24)21-19-5-3-4-6-20(19)22-28(25,26)18-13-9-16(2)10-14-18/h7-14,19-22H,3-6H2,1-2H3/t19-,20?/m0/s1. The summed E-state index contributed by atoms with van der Waals surface area (Å²) in [5, 5.41) is 0. The topological polar surface area (TPSA) is 92.3 Å². The highest BCUT2D eigenvalue weighted by Crippen LogP contribution is 2.23. The molecule has 2 aromatic rings. The van der Waals surface area contributed by atoms with Gasteiger partial charge in [0.2, 0.25) is 20.0 Å². The fourth-order valence-corrected chi connectivity index (χ4v) is 6.00. The lowest BCUT2D eigenvalue weighted by Crippen LogP contribution is -2.52. The zero-order chi connectivity index (χ0) is 20.4. The van der Waals surface area contributed by atoms with E-state index in [0.717, 1.165) is 24.0 Å². The lowest BCUT2D eigenvalue weighted by molar-refractivity contribution is 0.340. The summed E-state index contributed by atoms with van der Waals surface area (Å²) in [4.78, 5) is 0.368. The van der Waals surface area contributed by atoms with Crippen LogP contribution in [0.25, 0.3) is 0 Å². The Balaban J connectivity index is 1.78. The number of hydrogen-bond donors (Lipinski definition) is 2. The summed E-state index contributed by atoms with van der Waals surface area (Å²) in [6.07, 6.45) is 2.88.